The van der Waals surface area contributed by atoms with E-state index >= 15 is 0 Å². The first-order valence-electron chi connectivity index (χ1n) is 8.52. The van der Waals surface area contributed by atoms with Gasteiger partial charge in [-0.1, -0.05) is 29.8 Å². The lowest BCUT2D eigenvalue weighted by Gasteiger charge is -2.41. The van der Waals surface area contributed by atoms with Crippen LogP contribution >= 0.6 is 0 Å². The van der Waals surface area contributed by atoms with Crippen LogP contribution in [0, 0.1) is 6.92 Å². The van der Waals surface area contributed by atoms with Crippen molar-refractivity contribution < 1.29 is 14.7 Å². The molecule has 5 heteroatoms. The Bertz CT molecular complexity index is 557. The van der Waals surface area contributed by atoms with Crippen molar-refractivity contribution in [2.75, 3.05) is 26.2 Å². The fraction of sp³-hybridized carbons (Fsp3) is 0.611. The van der Waals surface area contributed by atoms with Crippen LogP contribution in [-0.4, -0.2) is 52.8 Å². The summed E-state index contributed by atoms with van der Waals surface area (Å²) in [4.78, 5) is 20.1. The van der Waals surface area contributed by atoms with E-state index in [1.54, 1.807) is 9.96 Å². The zero-order valence-corrected chi connectivity index (χ0v) is 13.8. The molecular formula is C18H26N2O3. The van der Waals surface area contributed by atoms with Gasteiger partial charge in [-0.15, -0.1) is 0 Å². The summed E-state index contributed by atoms with van der Waals surface area (Å²) in [5.74, 6) is -0.167. The second-order valence-corrected chi connectivity index (χ2v) is 6.75. The van der Waals surface area contributed by atoms with E-state index in [-0.39, 0.29) is 12.5 Å². The van der Waals surface area contributed by atoms with Crippen LogP contribution in [0.15, 0.2) is 24.3 Å². The molecular weight excluding hydrogens is 292 g/mol. The Labute approximate surface area is 137 Å². The molecule has 2 fully saturated rings. The number of rotatable bonds is 4. The third-order valence-electron chi connectivity index (χ3n) is 4.67. The number of benzene rings is 1. The second kappa shape index (κ2) is 6.99. The number of hydrogen-bond donors (Lipinski definition) is 1. The van der Waals surface area contributed by atoms with E-state index in [4.69, 9.17) is 4.84 Å². The first kappa shape index (κ1) is 16.4. The van der Waals surface area contributed by atoms with Gasteiger partial charge in [0, 0.05) is 19.6 Å². The molecule has 2 saturated heterocycles. The highest BCUT2D eigenvalue weighted by molar-refractivity contribution is 5.86. The predicted molar refractivity (Wildman–Crippen MR) is 87.5 cm³/mol. The Balaban J connectivity index is 1.67. The zero-order chi connectivity index (χ0) is 16.3. The van der Waals surface area contributed by atoms with Gasteiger partial charge >= 0.3 is 0 Å². The minimum absolute atomic E-state index is 0.167. The van der Waals surface area contributed by atoms with Crippen molar-refractivity contribution in [2.24, 2.45) is 0 Å². The second-order valence-electron chi connectivity index (χ2n) is 6.75. The summed E-state index contributed by atoms with van der Waals surface area (Å²) >= 11 is 0. The molecule has 0 aromatic heterocycles. The maximum Gasteiger partial charge on any atom is 0.256 e. The minimum Gasteiger partial charge on any atom is -0.379 e. The molecule has 2 heterocycles. The van der Waals surface area contributed by atoms with E-state index in [0.29, 0.717) is 26.1 Å². The molecule has 2 aliphatic rings. The standard InChI is InChI=1S/C18H26N2O3/c1-15-6-4-7-16(12-15)13-19-9-5-8-18(22,17(19)21)14-20-10-2-3-11-23-20/h4,6-7,12,22H,2-3,5,8-11,13-14H2,1H3. The van der Waals surface area contributed by atoms with Crippen LogP contribution < -0.4 is 0 Å². The molecule has 1 aromatic rings. The molecule has 1 unspecified atom stereocenters. The van der Waals surface area contributed by atoms with E-state index in [2.05, 4.69) is 6.07 Å². The summed E-state index contributed by atoms with van der Waals surface area (Å²) in [6.07, 6.45) is 3.43. The third-order valence-corrected chi connectivity index (χ3v) is 4.67. The van der Waals surface area contributed by atoms with Gasteiger partial charge in [0.1, 0.15) is 0 Å². The number of likely N-dealkylation sites (tertiary alicyclic amines) is 1. The molecule has 1 aromatic carbocycles. The number of nitrogens with zero attached hydrogens (tertiary/aromatic N) is 2. The van der Waals surface area contributed by atoms with Crippen molar-refractivity contribution in [1.29, 1.82) is 0 Å². The number of aryl methyl sites for hydroxylation is 1. The third kappa shape index (κ3) is 3.91. The van der Waals surface area contributed by atoms with Crippen LogP contribution in [0.1, 0.15) is 36.8 Å². The lowest BCUT2D eigenvalue weighted by atomic mass is 9.91. The number of aliphatic hydroxyl groups is 1. The molecule has 0 radical (unpaired) electrons. The van der Waals surface area contributed by atoms with Gasteiger partial charge in [0.15, 0.2) is 5.60 Å². The molecule has 126 valence electrons. The first-order chi connectivity index (χ1) is 11.1. The maximum absolute atomic E-state index is 12.8. The molecule has 23 heavy (non-hydrogen) atoms. The van der Waals surface area contributed by atoms with E-state index in [0.717, 1.165) is 31.4 Å². The van der Waals surface area contributed by atoms with Crippen LogP contribution in [-0.2, 0) is 16.2 Å². The van der Waals surface area contributed by atoms with Crippen LogP contribution in [0.5, 0.6) is 0 Å². The van der Waals surface area contributed by atoms with Crippen LogP contribution in [0.3, 0.4) is 0 Å². The highest BCUT2D eigenvalue weighted by atomic mass is 16.7. The van der Waals surface area contributed by atoms with Crippen molar-refractivity contribution >= 4 is 5.91 Å². The Morgan fingerprint density at radius 3 is 2.87 bits per heavy atom. The van der Waals surface area contributed by atoms with Gasteiger partial charge in [0.25, 0.3) is 5.91 Å². The quantitative estimate of drug-likeness (QED) is 0.921. The average Bonchev–Trinajstić information content (AvgIpc) is 2.53. The van der Waals surface area contributed by atoms with E-state index in [1.807, 2.05) is 25.1 Å². The first-order valence-corrected chi connectivity index (χ1v) is 8.52. The largest absolute Gasteiger partial charge is 0.379 e. The van der Waals surface area contributed by atoms with Gasteiger partial charge in [-0.3, -0.25) is 9.63 Å². The number of carbonyl (C=O) groups is 1. The lowest BCUT2D eigenvalue weighted by Crippen LogP contribution is -2.58. The Hall–Kier alpha value is -1.43. The van der Waals surface area contributed by atoms with Crippen LogP contribution in [0.25, 0.3) is 0 Å². The Morgan fingerprint density at radius 1 is 1.26 bits per heavy atom. The molecule has 0 aliphatic carbocycles. The van der Waals surface area contributed by atoms with Gasteiger partial charge in [-0.25, -0.2) is 0 Å². The number of carbonyl (C=O) groups excluding carboxylic acids is 1. The molecule has 0 spiro atoms. The highest BCUT2D eigenvalue weighted by Gasteiger charge is 2.43. The Morgan fingerprint density at radius 2 is 2.13 bits per heavy atom. The number of hydrogen-bond acceptors (Lipinski definition) is 4. The monoisotopic (exact) mass is 318 g/mol. The summed E-state index contributed by atoms with van der Waals surface area (Å²) in [5, 5.41) is 12.6. The van der Waals surface area contributed by atoms with Gasteiger partial charge in [0.05, 0.1) is 13.2 Å². The van der Waals surface area contributed by atoms with Crippen molar-refractivity contribution in [2.45, 2.75) is 44.8 Å². The zero-order valence-electron chi connectivity index (χ0n) is 13.8. The van der Waals surface area contributed by atoms with E-state index in [9.17, 15) is 9.90 Å². The van der Waals surface area contributed by atoms with Crippen molar-refractivity contribution in [1.82, 2.24) is 9.96 Å². The normalized spacial score (nSPS) is 26.5. The lowest BCUT2D eigenvalue weighted by molar-refractivity contribution is -0.215. The molecule has 5 nitrogen and oxygen atoms in total. The molecule has 2 aliphatic heterocycles. The predicted octanol–water partition coefficient (Wildman–Crippen LogP) is 1.88. The van der Waals surface area contributed by atoms with Gasteiger partial charge in [-0.2, -0.15) is 5.06 Å². The van der Waals surface area contributed by atoms with Gasteiger partial charge < -0.3 is 10.0 Å². The molecule has 3 rings (SSSR count). The smallest absolute Gasteiger partial charge is 0.256 e. The minimum atomic E-state index is -1.32. The van der Waals surface area contributed by atoms with Crippen LogP contribution in [0.2, 0.25) is 0 Å². The van der Waals surface area contributed by atoms with Crippen LogP contribution in [0.4, 0.5) is 0 Å². The number of hydroxylamine groups is 2. The highest BCUT2D eigenvalue weighted by Crippen LogP contribution is 2.26. The molecule has 1 N–H and O–H groups in total. The molecule has 1 atom stereocenters. The SMILES string of the molecule is Cc1cccc(CN2CCCC(O)(CN3CCCCO3)C2=O)c1. The maximum atomic E-state index is 12.8. The van der Waals surface area contributed by atoms with Gasteiger partial charge in [-0.05, 0) is 38.2 Å². The average molecular weight is 318 g/mol. The molecule has 1 amide bonds. The fourth-order valence-corrected chi connectivity index (χ4v) is 3.46. The number of β-amino-alcohol motifs (C(OH)–C–C–N with tert-alkyl or cyclic N) is 1. The van der Waals surface area contributed by atoms with E-state index in [1.165, 1.54) is 5.56 Å². The molecule has 0 saturated carbocycles. The van der Waals surface area contributed by atoms with E-state index < -0.39 is 5.60 Å². The van der Waals surface area contributed by atoms with Crippen molar-refractivity contribution in [3.05, 3.63) is 35.4 Å². The van der Waals surface area contributed by atoms with Crippen molar-refractivity contribution in [3.8, 4) is 0 Å². The summed E-state index contributed by atoms with van der Waals surface area (Å²) in [6, 6.07) is 8.18. The van der Waals surface area contributed by atoms with Gasteiger partial charge in [0.2, 0.25) is 0 Å². The summed E-state index contributed by atoms with van der Waals surface area (Å²) in [7, 11) is 0. The fourth-order valence-electron chi connectivity index (χ4n) is 3.46. The molecule has 0 bridgehead atoms. The summed E-state index contributed by atoms with van der Waals surface area (Å²) in [5.41, 5.74) is 0.972. The Kier molecular flexibility index (Phi) is 4.99. The summed E-state index contributed by atoms with van der Waals surface area (Å²) in [6.45, 7) is 5.05. The number of piperidine rings is 1. The topological polar surface area (TPSA) is 53.0 Å². The van der Waals surface area contributed by atoms with Crippen molar-refractivity contribution in [3.63, 3.8) is 0 Å². The summed E-state index contributed by atoms with van der Waals surface area (Å²) < 4.78 is 0. The number of amides is 1.